The van der Waals surface area contributed by atoms with Crippen molar-refractivity contribution >= 4 is 13.2 Å². The first-order valence-corrected chi connectivity index (χ1v) is 5.76. The Bertz CT molecular complexity index is 421. The third kappa shape index (κ3) is 2.45. The van der Waals surface area contributed by atoms with Gasteiger partial charge in [0.05, 0.1) is 17.4 Å². The normalized spacial score (nSPS) is 22.5. The molecule has 1 aromatic rings. The van der Waals surface area contributed by atoms with Crippen LogP contribution in [0.5, 0.6) is 0 Å². The van der Waals surface area contributed by atoms with E-state index in [0.717, 1.165) is 5.76 Å². The average Bonchev–Trinajstić information content (AvgIpc) is 2.67. The molecule has 1 aromatic heterocycles. The Kier molecular flexibility index (Phi) is 2.91. The maximum atomic E-state index is 5.81. The van der Waals surface area contributed by atoms with Crippen LogP contribution in [0.4, 0.5) is 0 Å². The summed E-state index contributed by atoms with van der Waals surface area (Å²) in [5.74, 6) is 3.18. The largest absolute Gasteiger partial charge is 0.487 e. The van der Waals surface area contributed by atoms with Crippen LogP contribution in [0.2, 0.25) is 0 Å². The van der Waals surface area contributed by atoms with Crippen LogP contribution in [0.25, 0.3) is 6.08 Å². The van der Waals surface area contributed by atoms with Gasteiger partial charge in [-0.1, -0.05) is 0 Å². The Morgan fingerprint density at radius 2 is 1.76 bits per heavy atom. The van der Waals surface area contributed by atoms with Crippen LogP contribution in [0, 0.1) is 6.92 Å². The zero-order valence-corrected chi connectivity index (χ0v) is 11.0. The van der Waals surface area contributed by atoms with E-state index in [-0.39, 0.29) is 18.3 Å². The van der Waals surface area contributed by atoms with E-state index in [1.807, 2.05) is 40.6 Å². The van der Waals surface area contributed by atoms with Gasteiger partial charge in [0.25, 0.3) is 0 Å². The van der Waals surface area contributed by atoms with Gasteiger partial charge in [0.1, 0.15) is 5.76 Å². The van der Waals surface area contributed by atoms with Crippen LogP contribution in [-0.4, -0.2) is 23.3 Å². The summed E-state index contributed by atoms with van der Waals surface area (Å²) in [5, 5.41) is 0. The summed E-state index contributed by atoms with van der Waals surface area (Å²) in [5.41, 5.74) is -0.622. The number of hydrogen-bond acceptors (Lipinski definition) is 4. The number of hydrogen-bond donors (Lipinski definition) is 0. The molecule has 1 aliphatic rings. The fourth-order valence-electron chi connectivity index (χ4n) is 1.58. The molecule has 0 spiro atoms. The molecule has 0 radical (unpaired) electrons. The van der Waals surface area contributed by atoms with Crippen molar-refractivity contribution in [3.63, 3.8) is 0 Å². The lowest BCUT2D eigenvalue weighted by Gasteiger charge is -2.32. The van der Waals surface area contributed by atoms with Gasteiger partial charge in [-0.25, -0.2) is 4.98 Å². The minimum absolute atomic E-state index is 0.311. The second-order valence-electron chi connectivity index (χ2n) is 5.29. The third-order valence-corrected chi connectivity index (χ3v) is 3.31. The second kappa shape index (κ2) is 4.00. The van der Waals surface area contributed by atoms with Crippen LogP contribution < -0.4 is 0 Å². The lowest BCUT2D eigenvalue weighted by Crippen LogP contribution is -2.41. The van der Waals surface area contributed by atoms with Crippen molar-refractivity contribution in [2.45, 2.75) is 45.8 Å². The molecule has 0 atom stereocenters. The van der Waals surface area contributed by atoms with Crippen molar-refractivity contribution in [3.8, 4) is 0 Å². The molecule has 0 aliphatic carbocycles. The van der Waals surface area contributed by atoms with Crippen LogP contribution in [-0.2, 0) is 9.31 Å². The molecule has 5 heteroatoms. The molecule has 4 nitrogen and oxygen atoms in total. The molecule has 0 bridgehead atoms. The van der Waals surface area contributed by atoms with E-state index >= 15 is 0 Å². The van der Waals surface area contributed by atoms with Gasteiger partial charge in [-0.05, 0) is 46.7 Å². The first-order valence-electron chi connectivity index (χ1n) is 5.76. The van der Waals surface area contributed by atoms with E-state index in [1.54, 1.807) is 12.3 Å². The molecule has 0 saturated carbocycles. The zero-order chi connectivity index (χ0) is 12.7. The Labute approximate surface area is 102 Å². The van der Waals surface area contributed by atoms with Crippen LogP contribution >= 0.6 is 0 Å². The number of nitrogens with zero attached hydrogens (tertiary/aromatic N) is 1. The Morgan fingerprint density at radius 3 is 2.24 bits per heavy atom. The fraction of sp³-hybridized carbons (Fsp3) is 0.583. The summed E-state index contributed by atoms with van der Waals surface area (Å²) in [7, 11) is -0.354. The summed E-state index contributed by atoms with van der Waals surface area (Å²) in [6, 6.07) is 0. The van der Waals surface area contributed by atoms with Crippen molar-refractivity contribution in [3.05, 3.63) is 23.8 Å². The molecule has 0 amide bonds. The molecule has 92 valence electrons. The quantitative estimate of drug-likeness (QED) is 0.739. The lowest BCUT2D eigenvalue weighted by molar-refractivity contribution is 0.00578. The second-order valence-corrected chi connectivity index (χ2v) is 5.29. The molecular weight excluding hydrogens is 217 g/mol. The maximum absolute atomic E-state index is 5.81. The maximum Gasteiger partial charge on any atom is 0.487 e. The predicted octanol–water partition coefficient (Wildman–Crippen LogP) is 2.63. The van der Waals surface area contributed by atoms with Gasteiger partial charge < -0.3 is 13.7 Å². The van der Waals surface area contributed by atoms with E-state index in [4.69, 9.17) is 13.7 Å². The smallest absolute Gasteiger partial charge is 0.442 e. The van der Waals surface area contributed by atoms with Crippen LogP contribution in [0.1, 0.15) is 39.3 Å². The summed E-state index contributed by atoms with van der Waals surface area (Å²) in [6.07, 6.45) is 3.46. The van der Waals surface area contributed by atoms with Gasteiger partial charge >= 0.3 is 7.12 Å². The number of aromatic nitrogens is 1. The molecule has 1 fully saturated rings. The molecule has 2 rings (SSSR count). The number of aryl methyl sites for hydroxylation is 1. The first kappa shape index (κ1) is 12.4. The summed E-state index contributed by atoms with van der Waals surface area (Å²) < 4.78 is 17.0. The monoisotopic (exact) mass is 235 g/mol. The lowest BCUT2D eigenvalue weighted by atomic mass is 9.90. The standard InChI is InChI=1S/C12H18BNO3/c1-9-8-14-10(15-9)6-7-13-16-11(2,3)12(4,5)17-13/h6-8H,1-5H3/b7-6+. The Morgan fingerprint density at radius 1 is 1.18 bits per heavy atom. The molecule has 1 aliphatic heterocycles. The number of rotatable bonds is 2. The Hall–Kier alpha value is -1.07. The first-order chi connectivity index (χ1) is 7.80. The van der Waals surface area contributed by atoms with Gasteiger partial charge in [0, 0.05) is 0 Å². The summed E-state index contributed by atoms with van der Waals surface area (Å²) in [4.78, 5) is 4.08. The summed E-state index contributed by atoms with van der Waals surface area (Å²) >= 11 is 0. The molecule has 0 aromatic carbocycles. The number of oxazole rings is 1. The molecule has 0 unspecified atom stereocenters. The summed E-state index contributed by atoms with van der Waals surface area (Å²) in [6.45, 7) is 9.96. The highest BCUT2D eigenvalue weighted by atomic mass is 16.7. The van der Waals surface area contributed by atoms with E-state index in [0.29, 0.717) is 5.89 Å². The molecule has 2 heterocycles. The van der Waals surface area contributed by atoms with E-state index < -0.39 is 0 Å². The highest BCUT2D eigenvalue weighted by molar-refractivity contribution is 6.52. The van der Waals surface area contributed by atoms with Gasteiger partial charge in [-0.2, -0.15) is 0 Å². The topological polar surface area (TPSA) is 44.5 Å². The predicted molar refractivity (Wildman–Crippen MR) is 66.4 cm³/mol. The average molecular weight is 235 g/mol. The van der Waals surface area contributed by atoms with Gasteiger partial charge in [0.2, 0.25) is 5.89 Å². The molecule has 0 N–H and O–H groups in total. The van der Waals surface area contributed by atoms with Gasteiger partial charge in [-0.15, -0.1) is 0 Å². The third-order valence-electron chi connectivity index (χ3n) is 3.31. The molecule has 1 saturated heterocycles. The minimum atomic E-state index is -0.354. The highest BCUT2D eigenvalue weighted by Crippen LogP contribution is 2.36. The Balaban J connectivity index is 2.05. The van der Waals surface area contributed by atoms with Crippen LogP contribution in [0.15, 0.2) is 16.6 Å². The zero-order valence-electron chi connectivity index (χ0n) is 11.0. The highest BCUT2D eigenvalue weighted by Gasteiger charge is 2.50. The van der Waals surface area contributed by atoms with E-state index in [1.165, 1.54) is 0 Å². The van der Waals surface area contributed by atoms with Crippen molar-refractivity contribution in [1.29, 1.82) is 0 Å². The van der Waals surface area contributed by atoms with Crippen molar-refractivity contribution in [2.75, 3.05) is 0 Å². The minimum Gasteiger partial charge on any atom is -0.442 e. The van der Waals surface area contributed by atoms with Crippen molar-refractivity contribution in [2.24, 2.45) is 0 Å². The van der Waals surface area contributed by atoms with Gasteiger partial charge in [-0.3, -0.25) is 0 Å². The SMILES string of the molecule is Cc1cnc(/C=C/B2OC(C)(C)C(C)(C)O2)o1. The molecular formula is C12H18BNO3. The van der Waals surface area contributed by atoms with Crippen LogP contribution in [0.3, 0.4) is 0 Å². The molecule has 17 heavy (non-hydrogen) atoms. The fourth-order valence-corrected chi connectivity index (χ4v) is 1.58. The van der Waals surface area contributed by atoms with Crippen molar-refractivity contribution < 1.29 is 13.7 Å². The van der Waals surface area contributed by atoms with Crippen molar-refractivity contribution in [1.82, 2.24) is 4.98 Å². The van der Waals surface area contributed by atoms with Gasteiger partial charge in [0.15, 0.2) is 0 Å². The van der Waals surface area contributed by atoms with E-state index in [9.17, 15) is 0 Å². The van der Waals surface area contributed by atoms with E-state index in [2.05, 4.69) is 4.98 Å².